The average molecular weight is 308 g/mol. The van der Waals surface area contributed by atoms with Gasteiger partial charge in [-0.15, -0.1) is 0 Å². The summed E-state index contributed by atoms with van der Waals surface area (Å²) in [6.45, 7) is 5.81. The highest BCUT2D eigenvalue weighted by Crippen LogP contribution is 2.32. The molecule has 0 saturated heterocycles. The molecule has 0 radical (unpaired) electrons. The average Bonchev–Trinajstić information content (AvgIpc) is 2.52. The minimum atomic E-state index is -0.961. The van der Waals surface area contributed by atoms with Crippen LogP contribution in [0.2, 0.25) is 0 Å². The zero-order valence-electron chi connectivity index (χ0n) is 13.6. The molecule has 0 amide bonds. The third-order valence-electron chi connectivity index (χ3n) is 3.45. The lowest BCUT2D eigenvalue weighted by Crippen LogP contribution is -2.33. The van der Waals surface area contributed by atoms with E-state index in [9.17, 15) is 9.59 Å². The summed E-state index contributed by atoms with van der Waals surface area (Å²) in [6.07, 6.45) is 0.607. The molecule has 1 unspecified atom stereocenters. The van der Waals surface area contributed by atoms with Gasteiger partial charge in [-0.3, -0.25) is 9.59 Å². The molecule has 1 aromatic rings. The van der Waals surface area contributed by atoms with E-state index in [0.717, 1.165) is 5.56 Å². The van der Waals surface area contributed by atoms with Gasteiger partial charge in [0.25, 0.3) is 0 Å². The van der Waals surface area contributed by atoms with E-state index in [1.165, 1.54) is 0 Å². The largest absolute Gasteiger partial charge is 0.497 e. The van der Waals surface area contributed by atoms with E-state index in [0.29, 0.717) is 12.2 Å². The summed E-state index contributed by atoms with van der Waals surface area (Å²) in [6, 6.07) is 7.37. The van der Waals surface area contributed by atoms with E-state index in [2.05, 4.69) is 0 Å². The fraction of sp³-hybridized carbons (Fsp3) is 0.529. The van der Waals surface area contributed by atoms with Crippen molar-refractivity contribution >= 4 is 11.9 Å². The number of benzene rings is 1. The molecule has 0 saturated carbocycles. The van der Waals surface area contributed by atoms with Gasteiger partial charge in [0, 0.05) is 5.92 Å². The fourth-order valence-electron chi connectivity index (χ4n) is 2.42. The van der Waals surface area contributed by atoms with Crippen LogP contribution in [0.3, 0.4) is 0 Å². The van der Waals surface area contributed by atoms with E-state index in [-0.39, 0.29) is 19.1 Å². The fourth-order valence-corrected chi connectivity index (χ4v) is 2.42. The summed E-state index contributed by atoms with van der Waals surface area (Å²) < 4.78 is 15.3. The van der Waals surface area contributed by atoms with Crippen LogP contribution < -0.4 is 4.74 Å². The number of carbonyl (C=O) groups excluding carboxylic acids is 2. The van der Waals surface area contributed by atoms with Gasteiger partial charge in [0.05, 0.1) is 20.3 Å². The highest BCUT2D eigenvalue weighted by atomic mass is 16.6. The van der Waals surface area contributed by atoms with Crippen LogP contribution in [0, 0.1) is 5.92 Å². The Balaban J connectivity index is 3.16. The Hall–Kier alpha value is -2.04. The molecule has 0 spiro atoms. The third-order valence-corrected chi connectivity index (χ3v) is 3.45. The molecule has 5 nitrogen and oxygen atoms in total. The molecule has 0 aliphatic rings. The van der Waals surface area contributed by atoms with Crippen LogP contribution in [0.1, 0.15) is 38.7 Å². The zero-order valence-corrected chi connectivity index (χ0v) is 13.6. The Morgan fingerprint density at radius 2 is 1.64 bits per heavy atom. The number of carbonyl (C=O) groups is 2. The molecule has 0 N–H and O–H groups in total. The van der Waals surface area contributed by atoms with Crippen molar-refractivity contribution in [3.8, 4) is 5.75 Å². The van der Waals surface area contributed by atoms with Crippen LogP contribution in [0.25, 0.3) is 0 Å². The number of ether oxygens (including phenoxy) is 3. The highest BCUT2D eigenvalue weighted by Gasteiger charge is 2.37. The minimum Gasteiger partial charge on any atom is -0.497 e. The second-order valence-corrected chi connectivity index (χ2v) is 4.77. The van der Waals surface area contributed by atoms with Crippen molar-refractivity contribution in [2.24, 2.45) is 5.92 Å². The number of methoxy groups -OCH3 is 1. The first-order chi connectivity index (χ1) is 10.6. The maximum absolute atomic E-state index is 12.2. The van der Waals surface area contributed by atoms with Crippen LogP contribution in [0.5, 0.6) is 5.75 Å². The van der Waals surface area contributed by atoms with Crippen molar-refractivity contribution < 1.29 is 23.8 Å². The molecule has 0 fully saturated rings. The van der Waals surface area contributed by atoms with Crippen LogP contribution in [0.15, 0.2) is 24.3 Å². The summed E-state index contributed by atoms with van der Waals surface area (Å²) in [7, 11) is 1.58. The molecule has 0 bridgehead atoms. The molecule has 0 heterocycles. The summed E-state index contributed by atoms with van der Waals surface area (Å²) in [4.78, 5) is 24.5. The summed E-state index contributed by atoms with van der Waals surface area (Å²) in [5.74, 6) is -1.68. The standard InChI is InChI=1S/C17H24O5/c1-5-14(12-9-8-10-13(11-12)20-4)15(16(18)21-6-2)17(19)22-7-3/h8-11,14-15H,5-7H2,1-4H3. The summed E-state index contributed by atoms with van der Waals surface area (Å²) in [5.41, 5.74) is 0.855. The van der Waals surface area contributed by atoms with E-state index in [1.54, 1.807) is 21.0 Å². The van der Waals surface area contributed by atoms with Crippen LogP contribution in [-0.2, 0) is 19.1 Å². The number of rotatable bonds is 8. The molecule has 1 aromatic carbocycles. The van der Waals surface area contributed by atoms with Crippen LogP contribution >= 0.6 is 0 Å². The van der Waals surface area contributed by atoms with E-state index in [1.807, 2.05) is 31.2 Å². The van der Waals surface area contributed by atoms with E-state index < -0.39 is 17.9 Å². The SMILES string of the molecule is CCOC(=O)C(C(=O)OCC)C(CC)c1cccc(OC)c1. The second kappa shape index (κ2) is 9.07. The number of hydrogen-bond donors (Lipinski definition) is 0. The maximum Gasteiger partial charge on any atom is 0.320 e. The van der Waals surface area contributed by atoms with Gasteiger partial charge in [-0.2, -0.15) is 0 Å². The Morgan fingerprint density at radius 3 is 2.09 bits per heavy atom. The number of esters is 2. The van der Waals surface area contributed by atoms with Gasteiger partial charge >= 0.3 is 11.9 Å². The van der Waals surface area contributed by atoms with Crippen LogP contribution in [0.4, 0.5) is 0 Å². The van der Waals surface area contributed by atoms with Crippen molar-refractivity contribution in [1.29, 1.82) is 0 Å². The van der Waals surface area contributed by atoms with E-state index in [4.69, 9.17) is 14.2 Å². The number of hydrogen-bond acceptors (Lipinski definition) is 5. The predicted octanol–water partition coefficient (Wildman–Crippen LogP) is 2.93. The Bertz CT molecular complexity index is 480. The normalized spacial score (nSPS) is 11.9. The first kappa shape index (κ1) is 18.0. The molecule has 1 rings (SSSR count). The van der Waals surface area contributed by atoms with Crippen LogP contribution in [-0.4, -0.2) is 32.3 Å². The van der Waals surface area contributed by atoms with E-state index >= 15 is 0 Å². The third kappa shape index (κ3) is 4.48. The van der Waals surface area contributed by atoms with Crippen molar-refractivity contribution in [2.75, 3.05) is 20.3 Å². The quantitative estimate of drug-likeness (QED) is 0.546. The topological polar surface area (TPSA) is 61.8 Å². The lowest BCUT2D eigenvalue weighted by molar-refractivity contribution is -0.162. The van der Waals surface area contributed by atoms with Gasteiger partial charge in [0.15, 0.2) is 5.92 Å². The lowest BCUT2D eigenvalue weighted by Gasteiger charge is -2.23. The Labute approximate surface area is 131 Å². The molecule has 0 aliphatic carbocycles. The van der Waals surface area contributed by atoms with Gasteiger partial charge in [0.2, 0.25) is 0 Å². The first-order valence-electron chi connectivity index (χ1n) is 7.56. The van der Waals surface area contributed by atoms with Gasteiger partial charge in [0.1, 0.15) is 5.75 Å². The molecule has 5 heteroatoms. The Morgan fingerprint density at radius 1 is 1.05 bits per heavy atom. The molecule has 0 aromatic heterocycles. The first-order valence-corrected chi connectivity index (χ1v) is 7.56. The summed E-state index contributed by atoms with van der Waals surface area (Å²) in [5, 5.41) is 0. The van der Waals surface area contributed by atoms with Crippen molar-refractivity contribution in [1.82, 2.24) is 0 Å². The smallest absolute Gasteiger partial charge is 0.320 e. The molecule has 122 valence electrons. The van der Waals surface area contributed by atoms with Gasteiger partial charge in [-0.1, -0.05) is 19.1 Å². The molecule has 0 aliphatic heterocycles. The second-order valence-electron chi connectivity index (χ2n) is 4.77. The molecule has 22 heavy (non-hydrogen) atoms. The van der Waals surface area contributed by atoms with Crippen molar-refractivity contribution in [3.05, 3.63) is 29.8 Å². The van der Waals surface area contributed by atoms with Gasteiger partial charge < -0.3 is 14.2 Å². The predicted molar refractivity (Wildman–Crippen MR) is 82.8 cm³/mol. The Kier molecular flexibility index (Phi) is 7.43. The highest BCUT2D eigenvalue weighted by molar-refractivity contribution is 5.96. The van der Waals surface area contributed by atoms with Crippen molar-refractivity contribution in [3.63, 3.8) is 0 Å². The monoisotopic (exact) mass is 308 g/mol. The van der Waals surface area contributed by atoms with Gasteiger partial charge in [-0.25, -0.2) is 0 Å². The molecular weight excluding hydrogens is 284 g/mol. The minimum absolute atomic E-state index is 0.225. The molecule has 1 atom stereocenters. The zero-order chi connectivity index (χ0) is 16.5. The van der Waals surface area contributed by atoms with Gasteiger partial charge in [-0.05, 0) is 38.0 Å². The maximum atomic E-state index is 12.2. The van der Waals surface area contributed by atoms with Crippen molar-refractivity contribution in [2.45, 2.75) is 33.1 Å². The molecular formula is C17H24O5. The summed E-state index contributed by atoms with van der Waals surface area (Å²) >= 11 is 0. The lowest BCUT2D eigenvalue weighted by atomic mass is 9.84.